The van der Waals surface area contributed by atoms with Gasteiger partial charge >= 0.3 is 0 Å². The van der Waals surface area contributed by atoms with Crippen LogP contribution in [0.25, 0.3) is 12.2 Å². The van der Waals surface area contributed by atoms with Crippen molar-refractivity contribution in [3.8, 4) is 0 Å². The largest absolute Gasteiger partial charge is 0.237 e. The Labute approximate surface area is 146 Å². The second-order valence-corrected chi connectivity index (χ2v) is 7.02. The predicted molar refractivity (Wildman–Crippen MR) is 90.2 cm³/mol. The molecule has 0 fully saturated rings. The van der Waals surface area contributed by atoms with E-state index < -0.39 is 45.2 Å². The SMILES string of the molecule is O=S(C=Cc1ccc(F)cc1F)NS(=O)C=Cc1ccc(F)cc1F. The average molecular weight is 389 g/mol. The number of benzene rings is 2. The molecule has 0 amide bonds. The third kappa shape index (κ3) is 6.04. The van der Waals surface area contributed by atoms with E-state index in [4.69, 9.17) is 0 Å². The predicted octanol–water partition coefficient (Wildman–Crippen LogP) is 3.80. The summed E-state index contributed by atoms with van der Waals surface area (Å²) in [6.45, 7) is 0. The van der Waals surface area contributed by atoms with Crippen LogP contribution in [0.5, 0.6) is 0 Å². The van der Waals surface area contributed by atoms with Crippen molar-refractivity contribution in [3.05, 3.63) is 81.6 Å². The van der Waals surface area contributed by atoms with E-state index >= 15 is 0 Å². The molecule has 9 heteroatoms. The molecule has 3 nitrogen and oxygen atoms in total. The summed E-state index contributed by atoms with van der Waals surface area (Å²) < 4.78 is 77.9. The summed E-state index contributed by atoms with van der Waals surface area (Å²) in [6.07, 6.45) is 2.27. The van der Waals surface area contributed by atoms with Crippen LogP contribution in [0.1, 0.15) is 11.1 Å². The first-order valence-corrected chi connectivity index (χ1v) is 9.11. The van der Waals surface area contributed by atoms with Gasteiger partial charge in [-0.3, -0.25) is 0 Å². The minimum Gasteiger partial charge on any atom is -0.237 e. The van der Waals surface area contributed by atoms with Crippen LogP contribution in [0.2, 0.25) is 0 Å². The highest BCUT2D eigenvalue weighted by Gasteiger charge is 2.04. The molecule has 0 saturated carbocycles. The molecule has 0 bridgehead atoms. The standard InChI is InChI=1S/C16H11F4NO2S2/c17-13-3-1-11(15(19)9-13)5-7-24(22)21-25(23)8-6-12-2-4-14(18)10-16(12)20/h1-10,21H. The number of nitrogens with one attached hydrogen (secondary N) is 1. The van der Waals surface area contributed by atoms with Gasteiger partial charge in [-0.1, -0.05) is 0 Å². The number of hydrogen-bond acceptors (Lipinski definition) is 2. The maximum Gasteiger partial charge on any atom is 0.133 e. The van der Waals surface area contributed by atoms with Crippen molar-refractivity contribution in [2.24, 2.45) is 0 Å². The third-order valence-electron chi connectivity index (χ3n) is 2.83. The van der Waals surface area contributed by atoms with Gasteiger partial charge in [0.2, 0.25) is 0 Å². The first-order chi connectivity index (χ1) is 11.8. The van der Waals surface area contributed by atoms with E-state index in [0.29, 0.717) is 12.1 Å². The second kappa shape index (κ2) is 8.84. The van der Waals surface area contributed by atoms with Gasteiger partial charge in [0.1, 0.15) is 45.2 Å². The minimum atomic E-state index is -1.93. The van der Waals surface area contributed by atoms with Gasteiger partial charge in [-0.15, -0.1) is 4.13 Å². The van der Waals surface area contributed by atoms with Gasteiger partial charge in [0.05, 0.1) is 0 Å². The highest BCUT2D eigenvalue weighted by Crippen LogP contribution is 2.12. The average Bonchev–Trinajstić information content (AvgIpc) is 2.53. The van der Waals surface area contributed by atoms with Gasteiger partial charge in [-0.2, -0.15) is 0 Å². The molecule has 0 spiro atoms. The lowest BCUT2D eigenvalue weighted by Crippen LogP contribution is -2.15. The van der Waals surface area contributed by atoms with E-state index in [-0.39, 0.29) is 11.1 Å². The summed E-state index contributed by atoms with van der Waals surface area (Å²) in [6, 6.07) is 5.75. The molecule has 0 aliphatic rings. The van der Waals surface area contributed by atoms with Crippen LogP contribution in [-0.2, 0) is 22.0 Å². The highest BCUT2D eigenvalue weighted by atomic mass is 32.3. The van der Waals surface area contributed by atoms with Gasteiger partial charge < -0.3 is 0 Å². The molecule has 2 rings (SSSR count). The second-order valence-electron chi connectivity index (χ2n) is 4.62. The van der Waals surface area contributed by atoms with Crippen LogP contribution in [0.4, 0.5) is 17.6 Å². The maximum atomic E-state index is 13.4. The van der Waals surface area contributed by atoms with Gasteiger partial charge in [0.25, 0.3) is 0 Å². The van der Waals surface area contributed by atoms with Gasteiger partial charge in [-0.25, -0.2) is 26.0 Å². The molecule has 0 aromatic heterocycles. The van der Waals surface area contributed by atoms with Crippen molar-refractivity contribution in [1.29, 1.82) is 0 Å². The molecule has 2 aromatic rings. The summed E-state index contributed by atoms with van der Waals surface area (Å²) in [4.78, 5) is 0. The van der Waals surface area contributed by atoms with Crippen LogP contribution in [0, 0.1) is 23.3 Å². The fourth-order valence-electron chi connectivity index (χ4n) is 1.68. The Morgan fingerprint density at radius 3 is 1.48 bits per heavy atom. The van der Waals surface area contributed by atoms with E-state index in [1.165, 1.54) is 0 Å². The smallest absolute Gasteiger partial charge is 0.133 e. The molecule has 0 radical (unpaired) electrons. The summed E-state index contributed by atoms with van der Waals surface area (Å²) in [5.74, 6) is -3.15. The summed E-state index contributed by atoms with van der Waals surface area (Å²) in [5.41, 5.74) is 0.0116. The lowest BCUT2D eigenvalue weighted by Gasteiger charge is -1.99. The van der Waals surface area contributed by atoms with Gasteiger partial charge in [0.15, 0.2) is 0 Å². The molecule has 0 aliphatic heterocycles. The van der Waals surface area contributed by atoms with Crippen LogP contribution >= 0.6 is 0 Å². The fraction of sp³-hybridized carbons (Fsp3) is 0. The minimum absolute atomic E-state index is 0.00579. The summed E-state index contributed by atoms with van der Waals surface area (Å²) >= 11 is 0. The lowest BCUT2D eigenvalue weighted by molar-refractivity contribution is 0.581. The maximum absolute atomic E-state index is 13.4. The van der Waals surface area contributed by atoms with Crippen molar-refractivity contribution in [3.63, 3.8) is 0 Å². The monoisotopic (exact) mass is 389 g/mol. The molecule has 1 N–H and O–H groups in total. The van der Waals surface area contributed by atoms with E-state index in [0.717, 1.165) is 47.2 Å². The Bertz CT molecular complexity index is 813. The Morgan fingerprint density at radius 1 is 0.720 bits per heavy atom. The van der Waals surface area contributed by atoms with Crippen molar-refractivity contribution in [2.45, 2.75) is 0 Å². The molecule has 132 valence electrons. The van der Waals surface area contributed by atoms with E-state index in [1.54, 1.807) is 0 Å². The van der Waals surface area contributed by atoms with Crippen molar-refractivity contribution in [1.82, 2.24) is 4.13 Å². The summed E-state index contributed by atoms with van der Waals surface area (Å²) in [5, 5.41) is 2.06. The molecule has 0 aliphatic carbocycles. The van der Waals surface area contributed by atoms with Crippen LogP contribution in [-0.4, -0.2) is 8.42 Å². The Balaban J connectivity index is 1.96. The zero-order valence-corrected chi connectivity index (χ0v) is 14.1. The zero-order chi connectivity index (χ0) is 18.4. The molecule has 2 aromatic carbocycles. The van der Waals surface area contributed by atoms with Crippen molar-refractivity contribution < 1.29 is 26.0 Å². The van der Waals surface area contributed by atoms with Crippen LogP contribution in [0.3, 0.4) is 0 Å². The van der Waals surface area contributed by atoms with Crippen molar-refractivity contribution >= 4 is 34.1 Å². The number of rotatable bonds is 6. The molecule has 2 atom stereocenters. The van der Waals surface area contributed by atoms with Crippen LogP contribution < -0.4 is 4.13 Å². The normalized spacial score (nSPS) is 14.2. The van der Waals surface area contributed by atoms with E-state index in [2.05, 4.69) is 4.13 Å². The zero-order valence-electron chi connectivity index (χ0n) is 12.4. The van der Waals surface area contributed by atoms with E-state index in [9.17, 15) is 26.0 Å². The first-order valence-electron chi connectivity index (χ1n) is 6.69. The molecule has 0 heterocycles. The first kappa shape index (κ1) is 19.2. The fourth-order valence-corrected chi connectivity index (χ4v) is 3.31. The lowest BCUT2D eigenvalue weighted by atomic mass is 10.2. The van der Waals surface area contributed by atoms with Crippen LogP contribution in [0.15, 0.2) is 47.2 Å². The summed E-state index contributed by atoms with van der Waals surface area (Å²) in [7, 11) is -3.85. The molecule has 0 saturated heterocycles. The molecular formula is C16H11F4NO2S2. The quantitative estimate of drug-likeness (QED) is 0.764. The molecule has 25 heavy (non-hydrogen) atoms. The van der Waals surface area contributed by atoms with Gasteiger partial charge in [0, 0.05) is 34.1 Å². The number of hydrogen-bond donors (Lipinski definition) is 1. The highest BCUT2D eigenvalue weighted by molar-refractivity contribution is 8.01. The van der Waals surface area contributed by atoms with Gasteiger partial charge in [-0.05, 0) is 36.4 Å². The van der Waals surface area contributed by atoms with Crippen molar-refractivity contribution in [2.75, 3.05) is 0 Å². The third-order valence-corrected chi connectivity index (χ3v) is 4.91. The Morgan fingerprint density at radius 2 is 1.12 bits per heavy atom. The topological polar surface area (TPSA) is 46.2 Å². The number of halogens is 4. The Hall–Kier alpha value is -2.10. The Kier molecular flexibility index (Phi) is 6.80. The molecule has 2 unspecified atom stereocenters. The van der Waals surface area contributed by atoms with E-state index in [1.807, 2.05) is 0 Å². The molecular weight excluding hydrogens is 378 g/mol.